The number of nitrogens with one attached hydrogen (secondary N) is 1. The molecule has 298 valence electrons. The van der Waals surface area contributed by atoms with Crippen LogP contribution in [0.15, 0.2) is 53.2 Å². The van der Waals surface area contributed by atoms with E-state index in [1.54, 1.807) is 12.1 Å². The number of alkyl halides is 4. The van der Waals surface area contributed by atoms with E-state index in [1.807, 2.05) is 35.0 Å². The first-order chi connectivity index (χ1) is 23.7. The number of hydrogen-bond donors (Lipinski definition) is 2. The average molecular weight is 925 g/mol. The molecule has 0 saturated carbocycles. The number of esters is 1. The third-order valence-corrected chi connectivity index (χ3v) is 12.0. The number of quaternary nitrogens is 1. The monoisotopic (exact) mass is 921 g/mol. The molecule has 3 saturated heterocycles. The lowest BCUT2D eigenvalue weighted by Gasteiger charge is -2.45. The smallest absolute Gasteiger partial charge is 0.349 e. The number of fused-ring (bicyclic) bond motifs is 6. The van der Waals surface area contributed by atoms with Crippen molar-refractivity contribution in [1.29, 1.82) is 0 Å². The highest BCUT2D eigenvalue weighted by Gasteiger charge is 2.71. The van der Waals surface area contributed by atoms with Gasteiger partial charge in [0.2, 0.25) is 11.5 Å². The molecule has 2 bridgehead atoms. The molecule has 7 rings (SSSR count). The number of carbonyl (C=O) groups excluding carboxylic acids is 2. The van der Waals surface area contributed by atoms with Crippen LogP contribution in [-0.4, -0.2) is 100 Å². The van der Waals surface area contributed by atoms with Crippen molar-refractivity contribution in [2.75, 3.05) is 39.0 Å². The van der Waals surface area contributed by atoms with Gasteiger partial charge in [-0.1, -0.05) is 38.1 Å². The Balaban J connectivity index is 0.000000321. The molecule has 0 unspecified atom stereocenters. The van der Waals surface area contributed by atoms with Gasteiger partial charge in [-0.15, -0.1) is 35.1 Å². The molecule has 3 fully saturated rings. The molecular weight excluding hydrogens is 875 g/mol. The fraction of sp³-hybridized carbons (Fsp3) is 0.556. The van der Waals surface area contributed by atoms with Gasteiger partial charge in [0.15, 0.2) is 0 Å². The fourth-order valence-corrected chi connectivity index (χ4v) is 9.34. The van der Waals surface area contributed by atoms with Gasteiger partial charge in [-0.25, -0.2) is 4.79 Å². The van der Waals surface area contributed by atoms with Gasteiger partial charge in [-0.3, -0.25) is 4.79 Å². The maximum Gasteiger partial charge on any atom is 0.349 e. The standard InChI is InChI=1S/C19H22NO4S2.C16H24N2O.CCl3F.BrH.ClH.H2O/c1-20(2)12-9-11(10-13(20)17-16(12)24-17)23-18(21)19(22,14-5-3-7-25-14)15-6-4-8-26-15;1-3-9-18(10-4-2)11-8-13-6-5-7-15-14(13)12-16(19)17-15;2-1(3,4)5;;;/h3-8,11-13,16-17,22H,9-10H2,1-2H3;5-7H,3-4,8-12H2,1-2H3,(H,17,19);;2*1H;1H2/q+1;;;;;/p-1/t11-,12-,13+,16-,17+;;;;;. The highest BCUT2D eigenvalue weighted by molar-refractivity contribution is 7.12. The Hall–Kier alpha value is -1.07. The Bertz CT molecular complexity index is 1540. The first-order valence-electron chi connectivity index (χ1n) is 17.1. The number of ether oxygens (including phenoxy) is 2. The minimum atomic E-state index is -2.58. The molecule has 4 aliphatic rings. The number of thiophene rings is 2. The summed E-state index contributed by atoms with van der Waals surface area (Å²) < 4.78 is 21.0. The highest BCUT2D eigenvalue weighted by Crippen LogP contribution is 2.52. The molecule has 3 aromatic rings. The van der Waals surface area contributed by atoms with Crippen molar-refractivity contribution >= 4 is 87.4 Å². The van der Waals surface area contributed by atoms with Gasteiger partial charge >= 0.3 is 10.0 Å². The molecule has 2 aromatic heterocycles. The maximum atomic E-state index is 13.1. The van der Waals surface area contributed by atoms with Crippen molar-refractivity contribution in [2.45, 2.75) is 92.4 Å². The van der Waals surface area contributed by atoms with Gasteiger partial charge in [-0.05, 0) is 107 Å². The van der Waals surface area contributed by atoms with E-state index in [0.29, 0.717) is 40.5 Å². The minimum Gasteiger partial charge on any atom is -1.00 e. The molecule has 0 radical (unpaired) electrons. The Kier molecular flexibility index (Phi) is 18.5. The molecule has 1 amide bonds. The number of rotatable bonds is 11. The summed E-state index contributed by atoms with van der Waals surface area (Å²) in [6, 6.07) is 14.2. The van der Waals surface area contributed by atoms with Gasteiger partial charge in [0.1, 0.15) is 30.4 Å². The number of halogens is 6. The van der Waals surface area contributed by atoms with Crippen LogP contribution in [0.2, 0.25) is 0 Å². The number of benzene rings is 1. The molecule has 0 aliphatic carbocycles. The first-order valence-corrected chi connectivity index (χ1v) is 19.9. The Labute approximate surface area is 351 Å². The summed E-state index contributed by atoms with van der Waals surface area (Å²) in [5.41, 5.74) is 1.83. The average Bonchev–Trinajstić information content (AvgIpc) is 3.45. The van der Waals surface area contributed by atoms with Gasteiger partial charge in [-0.2, -0.15) is 4.39 Å². The lowest BCUT2D eigenvalue weighted by atomic mass is 9.95. The number of nitrogens with zero attached hydrogens (tertiary/aromatic N) is 2. The van der Waals surface area contributed by atoms with Crippen LogP contribution in [0.3, 0.4) is 0 Å². The van der Waals surface area contributed by atoms with Crippen molar-refractivity contribution < 1.29 is 55.5 Å². The van der Waals surface area contributed by atoms with Crippen molar-refractivity contribution in [1.82, 2.24) is 4.90 Å². The fourth-order valence-electron chi connectivity index (χ4n) is 7.63. The lowest BCUT2D eigenvalue weighted by molar-refractivity contribution is -0.938. The summed E-state index contributed by atoms with van der Waals surface area (Å²) in [6.07, 6.45) is 6.04. The molecule has 53 heavy (non-hydrogen) atoms. The SMILES string of the molecule is CCCN(CCC)CCc1cccc2c1CC(=O)N2.C[N+]1(C)[C@@H]2C[C@@H](OC(=O)C(O)(c3cccs3)c3cccs3)C[C@H]1[C@@H]1O[C@@H]12.Cl.FC(Cl)(Cl)Cl.O.[Br-]. The molecule has 4 N–H and O–H groups in total. The van der Waals surface area contributed by atoms with Crippen LogP contribution in [-0.2, 0) is 37.5 Å². The quantitative estimate of drug-likeness (QED) is 0.130. The summed E-state index contributed by atoms with van der Waals surface area (Å²) in [7, 11) is 4.49. The van der Waals surface area contributed by atoms with Gasteiger partial charge in [0.05, 0.1) is 30.3 Å². The van der Waals surface area contributed by atoms with Crippen LogP contribution in [0.4, 0.5) is 10.1 Å². The predicted octanol–water partition coefficient (Wildman–Crippen LogP) is 4.08. The van der Waals surface area contributed by atoms with Crippen molar-refractivity contribution in [3.63, 3.8) is 0 Å². The van der Waals surface area contributed by atoms with Crippen LogP contribution in [0.1, 0.15) is 60.4 Å². The summed E-state index contributed by atoms with van der Waals surface area (Å²) >= 11 is 15.9. The van der Waals surface area contributed by atoms with E-state index in [-0.39, 0.29) is 46.9 Å². The number of epoxide rings is 1. The van der Waals surface area contributed by atoms with Crippen LogP contribution >= 0.6 is 69.9 Å². The van der Waals surface area contributed by atoms with Crippen LogP contribution < -0.4 is 22.3 Å². The molecule has 4 aliphatic heterocycles. The van der Waals surface area contributed by atoms with Gasteiger partial charge in [0, 0.05) is 25.1 Å². The number of hydrogen-bond acceptors (Lipinski definition) is 8. The van der Waals surface area contributed by atoms with E-state index in [1.165, 1.54) is 59.7 Å². The predicted molar refractivity (Wildman–Crippen MR) is 211 cm³/mol. The van der Waals surface area contributed by atoms with Gasteiger partial charge < -0.3 is 51.7 Å². The Morgan fingerprint density at radius 2 is 1.53 bits per heavy atom. The zero-order chi connectivity index (χ0) is 36.3. The Morgan fingerprint density at radius 3 is 2.00 bits per heavy atom. The number of morpholine rings is 1. The zero-order valence-corrected chi connectivity index (χ0v) is 36.3. The van der Waals surface area contributed by atoms with E-state index in [4.69, 9.17) is 9.47 Å². The maximum absolute atomic E-state index is 13.1. The zero-order valence-electron chi connectivity index (χ0n) is 30.0. The van der Waals surface area contributed by atoms with Crippen molar-refractivity contribution in [2.24, 2.45) is 0 Å². The molecule has 0 spiro atoms. The number of anilines is 1. The molecule has 9 nitrogen and oxygen atoms in total. The number of likely N-dealkylation sites (N-methyl/N-ethyl adjacent to an activating group) is 1. The number of amides is 1. The van der Waals surface area contributed by atoms with Crippen LogP contribution in [0.25, 0.3) is 0 Å². The second-order valence-corrected chi connectivity index (χ2v) is 17.7. The lowest BCUT2D eigenvalue weighted by Crippen LogP contribution is -3.00. The van der Waals surface area contributed by atoms with Crippen LogP contribution in [0.5, 0.6) is 0 Å². The molecular formula is C36H49BrCl4FN3O6S2. The van der Waals surface area contributed by atoms with E-state index < -0.39 is 15.6 Å². The Morgan fingerprint density at radius 1 is 1.00 bits per heavy atom. The minimum absolute atomic E-state index is 0. The van der Waals surface area contributed by atoms with E-state index in [0.717, 1.165) is 36.0 Å². The molecule has 1 aromatic carbocycles. The summed E-state index contributed by atoms with van der Waals surface area (Å²) in [6.45, 7) is 7.88. The summed E-state index contributed by atoms with van der Waals surface area (Å²) in [4.78, 5) is 28.3. The topological polar surface area (TPSA) is 123 Å². The third-order valence-electron chi connectivity index (χ3n) is 10.0. The van der Waals surface area contributed by atoms with E-state index >= 15 is 0 Å². The number of piperidine rings is 1. The number of aliphatic hydroxyl groups is 1. The third kappa shape index (κ3) is 11.7. The normalized spacial score (nSPS) is 22.9. The summed E-state index contributed by atoms with van der Waals surface area (Å²) in [5, 5.41) is 18.0. The van der Waals surface area contributed by atoms with E-state index in [9.17, 15) is 19.1 Å². The summed E-state index contributed by atoms with van der Waals surface area (Å²) in [5.74, 6) is -0.435. The second-order valence-electron chi connectivity index (χ2n) is 13.7. The first kappa shape index (κ1) is 48.1. The van der Waals surface area contributed by atoms with Crippen molar-refractivity contribution in [3.8, 4) is 0 Å². The second kappa shape index (κ2) is 20.4. The van der Waals surface area contributed by atoms with Crippen LogP contribution in [0, 0.1) is 0 Å². The van der Waals surface area contributed by atoms with Gasteiger partial charge in [0.25, 0.3) is 0 Å². The van der Waals surface area contributed by atoms with Crippen molar-refractivity contribution in [3.05, 3.63) is 74.1 Å². The number of carbonyl (C=O) groups is 2. The largest absolute Gasteiger partial charge is 1.00 e. The molecule has 5 atom stereocenters. The molecule has 6 heterocycles. The highest BCUT2D eigenvalue weighted by atomic mass is 79.9. The molecule has 17 heteroatoms. The van der Waals surface area contributed by atoms with E-state index in [2.05, 4.69) is 79.0 Å².